The van der Waals surface area contributed by atoms with Crippen LogP contribution in [0.3, 0.4) is 0 Å². The summed E-state index contributed by atoms with van der Waals surface area (Å²) in [5.74, 6) is 0.369. The molecule has 0 aromatic heterocycles. The second-order valence-corrected chi connectivity index (χ2v) is 5.60. The summed E-state index contributed by atoms with van der Waals surface area (Å²) in [4.78, 5) is 14.3. The van der Waals surface area contributed by atoms with Crippen molar-refractivity contribution in [3.63, 3.8) is 0 Å². The van der Waals surface area contributed by atoms with Gasteiger partial charge >= 0.3 is 0 Å². The molecule has 1 aliphatic rings. The Balaban J connectivity index is 2.08. The Morgan fingerprint density at radius 1 is 1.42 bits per heavy atom. The standard InChI is InChI=1S/C16H20ClNO/c1-12(14-9-6-10-15(17)11-14)18(2)16(19)13-7-4-3-5-8-13/h3-4,6,9-13H,5,7-8H2,1-2H3. The lowest BCUT2D eigenvalue weighted by Crippen LogP contribution is -2.35. The first-order chi connectivity index (χ1) is 9.09. The van der Waals surface area contributed by atoms with Gasteiger partial charge in [0.1, 0.15) is 0 Å². The molecule has 0 aliphatic heterocycles. The Labute approximate surface area is 120 Å². The van der Waals surface area contributed by atoms with Crippen molar-refractivity contribution < 1.29 is 4.79 Å². The third kappa shape index (κ3) is 3.38. The first-order valence-electron chi connectivity index (χ1n) is 6.76. The molecule has 0 spiro atoms. The molecule has 1 aromatic carbocycles. The number of amides is 1. The smallest absolute Gasteiger partial charge is 0.226 e. The van der Waals surface area contributed by atoms with Crippen LogP contribution in [-0.2, 0) is 4.79 Å². The lowest BCUT2D eigenvalue weighted by Gasteiger charge is -2.30. The van der Waals surface area contributed by atoms with Crippen molar-refractivity contribution in [1.82, 2.24) is 4.90 Å². The summed E-state index contributed by atoms with van der Waals surface area (Å²) in [6.07, 6.45) is 7.11. The molecule has 0 fully saturated rings. The van der Waals surface area contributed by atoms with E-state index in [-0.39, 0.29) is 17.9 Å². The number of hydrogen-bond donors (Lipinski definition) is 0. The molecule has 0 radical (unpaired) electrons. The summed E-state index contributed by atoms with van der Waals surface area (Å²) in [5.41, 5.74) is 1.08. The van der Waals surface area contributed by atoms with Crippen LogP contribution in [-0.4, -0.2) is 17.9 Å². The summed E-state index contributed by atoms with van der Waals surface area (Å²) in [6.45, 7) is 2.04. The van der Waals surface area contributed by atoms with Crippen molar-refractivity contribution in [2.75, 3.05) is 7.05 Å². The number of rotatable bonds is 3. The highest BCUT2D eigenvalue weighted by atomic mass is 35.5. The molecular formula is C16H20ClNO. The Morgan fingerprint density at radius 2 is 2.21 bits per heavy atom. The predicted octanol–water partition coefficient (Wildman–Crippen LogP) is 4.22. The minimum atomic E-state index is 0.0529. The van der Waals surface area contributed by atoms with Gasteiger partial charge in [-0.25, -0.2) is 0 Å². The molecule has 2 atom stereocenters. The lowest BCUT2D eigenvalue weighted by atomic mass is 9.92. The largest absolute Gasteiger partial charge is 0.339 e. The minimum Gasteiger partial charge on any atom is -0.339 e. The van der Waals surface area contributed by atoms with Crippen LogP contribution < -0.4 is 0 Å². The van der Waals surface area contributed by atoms with Crippen molar-refractivity contribution in [2.24, 2.45) is 5.92 Å². The van der Waals surface area contributed by atoms with E-state index in [0.29, 0.717) is 5.02 Å². The van der Waals surface area contributed by atoms with Gasteiger partial charge in [-0.15, -0.1) is 0 Å². The van der Waals surface area contributed by atoms with E-state index in [1.807, 2.05) is 43.1 Å². The van der Waals surface area contributed by atoms with Crippen LogP contribution in [0, 0.1) is 5.92 Å². The van der Waals surface area contributed by atoms with E-state index in [1.54, 1.807) is 0 Å². The first-order valence-corrected chi connectivity index (χ1v) is 7.14. The van der Waals surface area contributed by atoms with Crippen molar-refractivity contribution >= 4 is 17.5 Å². The van der Waals surface area contributed by atoms with Crippen molar-refractivity contribution in [1.29, 1.82) is 0 Å². The van der Waals surface area contributed by atoms with E-state index in [4.69, 9.17) is 11.6 Å². The predicted molar refractivity (Wildman–Crippen MR) is 79.1 cm³/mol. The molecule has 2 unspecified atom stereocenters. The van der Waals surface area contributed by atoms with Gasteiger partial charge in [0.05, 0.1) is 6.04 Å². The zero-order chi connectivity index (χ0) is 13.8. The fourth-order valence-corrected chi connectivity index (χ4v) is 2.69. The van der Waals surface area contributed by atoms with Crippen LogP contribution in [0.25, 0.3) is 0 Å². The summed E-state index contributed by atoms with van der Waals surface area (Å²) in [5, 5.41) is 0.714. The number of hydrogen-bond acceptors (Lipinski definition) is 1. The molecule has 0 heterocycles. The van der Waals surface area contributed by atoms with Gasteiger partial charge < -0.3 is 4.90 Å². The SMILES string of the molecule is CC(c1cccc(Cl)c1)N(C)C(=O)C1CC=CCC1. The van der Waals surface area contributed by atoms with Gasteiger partial charge in [-0.3, -0.25) is 4.79 Å². The lowest BCUT2D eigenvalue weighted by molar-refractivity contribution is -0.136. The van der Waals surface area contributed by atoms with Gasteiger partial charge in [-0.05, 0) is 43.9 Å². The zero-order valence-electron chi connectivity index (χ0n) is 11.5. The number of carbonyl (C=O) groups excluding carboxylic acids is 1. The summed E-state index contributed by atoms with van der Waals surface area (Å²) in [7, 11) is 1.88. The number of allylic oxidation sites excluding steroid dienone is 2. The van der Waals surface area contributed by atoms with Gasteiger partial charge in [-0.2, -0.15) is 0 Å². The number of halogens is 1. The van der Waals surface area contributed by atoms with Crippen molar-refractivity contribution in [3.8, 4) is 0 Å². The molecule has 2 nitrogen and oxygen atoms in total. The van der Waals surface area contributed by atoms with Crippen molar-refractivity contribution in [2.45, 2.75) is 32.2 Å². The van der Waals surface area contributed by atoms with E-state index < -0.39 is 0 Å². The molecule has 0 saturated heterocycles. The third-order valence-electron chi connectivity index (χ3n) is 3.88. The summed E-state index contributed by atoms with van der Waals surface area (Å²) in [6, 6.07) is 7.77. The van der Waals surface area contributed by atoms with Crippen LogP contribution in [0.1, 0.15) is 37.8 Å². The van der Waals surface area contributed by atoms with E-state index in [1.165, 1.54) is 0 Å². The number of benzene rings is 1. The third-order valence-corrected chi connectivity index (χ3v) is 4.11. The molecule has 3 heteroatoms. The fraction of sp³-hybridized carbons (Fsp3) is 0.438. The Hall–Kier alpha value is -1.28. The van der Waals surface area contributed by atoms with Gasteiger partial charge in [-0.1, -0.05) is 35.9 Å². The van der Waals surface area contributed by atoms with Crippen LogP contribution in [0.5, 0.6) is 0 Å². The van der Waals surface area contributed by atoms with Gasteiger partial charge in [0, 0.05) is 18.0 Å². The van der Waals surface area contributed by atoms with Crippen LogP contribution in [0.15, 0.2) is 36.4 Å². The zero-order valence-corrected chi connectivity index (χ0v) is 12.2. The minimum absolute atomic E-state index is 0.0529. The normalized spacial score (nSPS) is 20.1. The Bertz CT molecular complexity index is 483. The molecule has 102 valence electrons. The number of carbonyl (C=O) groups is 1. The maximum absolute atomic E-state index is 12.5. The van der Waals surface area contributed by atoms with Crippen LogP contribution in [0.4, 0.5) is 0 Å². The molecule has 1 aliphatic carbocycles. The maximum Gasteiger partial charge on any atom is 0.226 e. The average molecular weight is 278 g/mol. The maximum atomic E-state index is 12.5. The Morgan fingerprint density at radius 3 is 2.84 bits per heavy atom. The molecule has 1 aromatic rings. The van der Waals surface area contributed by atoms with E-state index in [0.717, 1.165) is 24.8 Å². The monoisotopic (exact) mass is 277 g/mol. The van der Waals surface area contributed by atoms with Gasteiger partial charge in [0.25, 0.3) is 0 Å². The van der Waals surface area contributed by atoms with E-state index in [9.17, 15) is 4.79 Å². The second kappa shape index (κ2) is 6.25. The topological polar surface area (TPSA) is 20.3 Å². The van der Waals surface area contributed by atoms with Gasteiger partial charge in [0.2, 0.25) is 5.91 Å². The molecule has 1 amide bonds. The summed E-state index contributed by atoms with van der Waals surface area (Å²) < 4.78 is 0. The van der Waals surface area contributed by atoms with E-state index >= 15 is 0 Å². The van der Waals surface area contributed by atoms with Crippen molar-refractivity contribution in [3.05, 3.63) is 47.0 Å². The fourth-order valence-electron chi connectivity index (χ4n) is 2.49. The van der Waals surface area contributed by atoms with Gasteiger partial charge in [0.15, 0.2) is 0 Å². The molecule has 2 rings (SSSR count). The highest BCUT2D eigenvalue weighted by Gasteiger charge is 2.25. The van der Waals surface area contributed by atoms with E-state index in [2.05, 4.69) is 12.2 Å². The first kappa shape index (κ1) is 14.1. The molecule has 0 N–H and O–H groups in total. The molecule has 0 bridgehead atoms. The number of nitrogens with zero attached hydrogens (tertiary/aromatic N) is 1. The van der Waals surface area contributed by atoms with Crippen LogP contribution in [0.2, 0.25) is 5.02 Å². The Kier molecular flexibility index (Phi) is 4.65. The highest BCUT2D eigenvalue weighted by Crippen LogP contribution is 2.26. The average Bonchev–Trinajstić information content (AvgIpc) is 2.46. The van der Waals surface area contributed by atoms with Crippen LogP contribution >= 0.6 is 11.6 Å². The quantitative estimate of drug-likeness (QED) is 0.758. The summed E-state index contributed by atoms with van der Waals surface area (Å²) >= 11 is 6.01. The molecule has 0 saturated carbocycles. The second-order valence-electron chi connectivity index (χ2n) is 5.16. The highest BCUT2D eigenvalue weighted by molar-refractivity contribution is 6.30. The molecular weight excluding hydrogens is 258 g/mol. The molecule has 19 heavy (non-hydrogen) atoms.